The maximum absolute atomic E-state index is 12.6. The van der Waals surface area contributed by atoms with E-state index in [-0.39, 0.29) is 0 Å². The van der Waals surface area contributed by atoms with E-state index in [1.807, 2.05) is 42.3 Å². The third-order valence-electron chi connectivity index (χ3n) is 3.63. The summed E-state index contributed by atoms with van der Waals surface area (Å²) >= 11 is 0. The van der Waals surface area contributed by atoms with Crippen molar-refractivity contribution >= 4 is 0 Å². The van der Waals surface area contributed by atoms with Crippen LogP contribution in [0.5, 0.6) is 0 Å². The van der Waals surface area contributed by atoms with Crippen molar-refractivity contribution in [1.82, 2.24) is 15.1 Å². The Bertz CT molecular complexity index is 814. The van der Waals surface area contributed by atoms with Gasteiger partial charge in [0.1, 0.15) is 0 Å². The highest BCUT2D eigenvalue weighted by Crippen LogP contribution is 2.29. The van der Waals surface area contributed by atoms with Gasteiger partial charge in [-0.05, 0) is 36.9 Å². The SMILES string of the molecule is CN(Cc1ccc(C(F)(F)F)cc1)Cc1nnc(-c2ccccc2)o1. The lowest BCUT2D eigenvalue weighted by Crippen LogP contribution is -2.17. The lowest BCUT2D eigenvalue weighted by Gasteiger charge is -2.15. The summed E-state index contributed by atoms with van der Waals surface area (Å²) in [4.78, 5) is 1.89. The molecule has 3 rings (SSSR count). The summed E-state index contributed by atoms with van der Waals surface area (Å²) in [6.07, 6.45) is -4.32. The molecule has 0 aliphatic heterocycles. The van der Waals surface area contributed by atoms with Crippen LogP contribution >= 0.6 is 0 Å². The van der Waals surface area contributed by atoms with Gasteiger partial charge in [0.15, 0.2) is 0 Å². The highest BCUT2D eigenvalue weighted by Gasteiger charge is 2.29. The standard InChI is InChI=1S/C18H16F3N3O/c1-24(11-13-7-9-15(10-8-13)18(19,20)21)12-16-22-23-17(25-16)14-5-3-2-4-6-14/h2-10H,11-12H2,1H3. The largest absolute Gasteiger partial charge is 0.419 e. The van der Waals surface area contributed by atoms with Crippen molar-refractivity contribution in [3.8, 4) is 11.5 Å². The van der Waals surface area contributed by atoms with Gasteiger partial charge in [-0.15, -0.1) is 10.2 Å². The van der Waals surface area contributed by atoms with E-state index in [0.717, 1.165) is 23.3 Å². The summed E-state index contributed by atoms with van der Waals surface area (Å²) in [7, 11) is 1.84. The zero-order valence-corrected chi connectivity index (χ0v) is 13.5. The lowest BCUT2D eigenvalue weighted by atomic mass is 10.1. The van der Waals surface area contributed by atoms with Crippen LogP contribution in [0.2, 0.25) is 0 Å². The molecule has 0 unspecified atom stereocenters. The average molecular weight is 347 g/mol. The van der Waals surface area contributed by atoms with Gasteiger partial charge in [0.25, 0.3) is 0 Å². The van der Waals surface area contributed by atoms with Crippen LogP contribution < -0.4 is 0 Å². The maximum Gasteiger partial charge on any atom is 0.416 e. The Morgan fingerprint density at radius 3 is 2.24 bits per heavy atom. The van der Waals surface area contributed by atoms with Gasteiger partial charge in [0.05, 0.1) is 12.1 Å². The second kappa shape index (κ2) is 7.06. The van der Waals surface area contributed by atoms with Crippen molar-refractivity contribution in [2.45, 2.75) is 19.3 Å². The molecule has 0 aliphatic rings. The summed E-state index contributed by atoms with van der Waals surface area (Å²) in [5.41, 5.74) is 0.966. The molecule has 0 aliphatic carbocycles. The zero-order chi connectivity index (χ0) is 17.9. The fraction of sp³-hybridized carbons (Fsp3) is 0.222. The van der Waals surface area contributed by atoms with Crippen LogP contribution in [0.25, 0.3) is 11.5 Å². The van der Waals surface area contributed by atoms with Crippen LogP contribution in [0.4, 0.5) is 13.2 Å². The fourth-order valence-corrected chi connectivity index (χ4v) is 2.41. The molecule has 0 radical (unpaired) electrons. The minimum Gasteiger partial charge on any atom is -0.419 e. The fourth-order valence-electron chi connectivity index (χ4n) is 2.41. The average Bonchev–Trinajstić information content (AvgIpc) is 3.03. The van der Waals surface area contributed by atoms with Gasteiger partial charge in [0.2, 0.25) is 11.8 Å². The van der Waals surface area contributed by atoms with E-state index in [4.69, 9.17) is 4.42 Å². The molecule has 0 saturated carbocycles. The number of nitrogens with zero attached hydrogens (tertiary/aromatic N) is 3. The monoisotopic (exact) mass is 347 g/mol. The van der Waals surface area contributed by atoms with E-state index in [9.17, 15) is 13.2 Å². The Morgan fingerprint density at radius 2 is 1.60 bits per heavy atom. The van der Waals surface area contributed by atoms with Crippen molar-refractivity contribution in [2.24, 2.45) is 0 Å². The van der Waals surface area contributed by atoms with Crippen molar-refractivity contribution in [1.29, 1.82) is 0 Å². The van der Waals surface area contributed by atoms with Gasteiger partial charge in [0, 0.05) is 12.1 Å². The summed E-state index contributed by atoms with van der Waals surface area (Å²) < 4.78 is 43.4. The quantitative estimate of drug-likeness (QED) is 0.687. The van der Waals surface area contributed by atoms with Crippen LogP contribution in [0, 0.1) is 0 Å². The molecule has 1 heterocycles. The Morgan fingerprint density at radius 1 is 0.920 bits per heavy atom. The second-order valence-electron chi connectivity index (χ2n) is 5.73. The van der Waals surface area contributed by atoms with Crippen LogP contribution in [-0.2, 0) is 19.3 Å². The van der Waals surface area contributed by atoms with E-state index in [1.165, 1.54) is 12.1 Å². The van der Waals surface area contributed by atoms with Crippen molar-refractivity contribution in [3.63, 3.8) is 0 Å². The third kappa shape index (κ3) is 4.45. The number of benzene rings is 2. The predicted octanol–water partition coefficient (Wildman–Crippen LogP) is 4.39. The molecule has 130 valence electrons. The van der Waals surface area contributed by atoms with Crippen molar-refractivity contribution in [2.75, 3.05) is 7.05 Å². The first-order chi connectivity index (χ1) is 11.9. The van der Waals surface area contributed by atoms with Gasteiger partial charge in [-0.3, -0.25) is 4.90 Å². The normalized spacial score (nSPS) is 11.9. The molecule has 0 N–H and O–H groups in total. The topological polar surface area (TPSA) is 42.2 Å². The van der Waals surface area contributed by atoms with E-state index >= 15 is 0 Å². The Hall–Kier alpha value is -2.67. The Labute approximate surface area is 142 Å². The highest BCUT2D eigenvalue weighted by atomic mass is 19.4. The van der Waals surface area contributed by atoms with E-state index in [0.29, 0.717) is 24.9 Å². The molecule has 0 saturated heterocycles. The number of hydrogen-bond acceptors (Lipinski definition) is 4. The number of hydrogen-bond donors (Lipinski definition) is 0. The lowest BCUT2D eigenvalue weighted by molar-refractivity contribution is -0.137. The van der Waals surface area contributed by atoms with E-state index in [1.54, 1.807) is 0 Å². The number of alkyl halides is 3. The Balaban J connectivity index is 1.61. The molecule has 0 fully saturated rings. The van der Waals surface area contributed by atoms with Crippen LogP contribution in [-0.4, -0.2) is 22.1 Å². The third-order valence-corrected chi connectivity index (χ3v) is 3.63. The molecule has 0 atom stereocenters. The summed E-state index contributed by atoms with van der Waals surface area (Å²) in [5, 5.41) is 8.03. The van der Waals surface area contributed by atoms with Crippen molar-refractivity contribution < 1.29 is 17.6 Å². The smallest absolute Gasteiger partial charge is 0.416 e. The molecule has 25 heavy (non-hydrogen) atoms. The van der Waals surface area contributed by atoms with Crippen LogP contribution in [0.15, 0.2) is 59.0 Å². The van der Waals surface area contributed by atoms with E-state index < -0.39 is 11.7 Å². The molecule has 0 amide bonds. The molecular weight excluding hydrogens is 331 g/mol. The second-order valence-corrected chi connectivity index (χ2v) is 5.73. The molecule has 7 heteroatoms. The maximum atomic E-state index is 12.6. The molecular formula is C18H16F3N3O. The first-order valence-electron chi connectivity index (χ1n) is 7.64. The summed E-state index contributed by atoms with van der Waals surface area (Å²) in [6, 6.07) is 14.6. The van der Waals surface area contributed by atoms with Gasteiger partial charge < -0.3 is 4.42 Å². The summed E-state index contributed by atoms with van der Waals surface area (Å²) in [5.74, 6) is 0.895. The minimum absolute atomic E-state index is 0.404. The summed E-state index contributed by atoms with van der Waals surface area (Å²) in [6.45, 7) is 0.877. The van der Waals surface area contributed by atoms with Gasteiger partial charge in [-0.25, -0.2) is 0 Å². The van der Waals surface area contributed by atoms with E-state index in [2.05, 4.69) is 10.2 Å². The first-order valence-corrected chi connectivity index (χ1v) is 7.64. The van der Waals surface area contributed by atoms with Crippen LogP contribution in [0.3, 0.4) is 0 Å². The number of aromatic nitrogens is 2. The molecule has 4 nitrogen and oxygen atoms in total. The predicted molar refractivity (Wildman–Crippen MR) is 86.3 cm³/mol. The number of halogens is 3. The molecule has 2 aromatic carbocycles. The highest BCUT2D eigenvalue weighted by molar-refractivity contribution is 5.51. The molecule has 3 aromatic rings. The number of rotatable bonds is 5. The van der Waals surface area contributed by atoms with Gasteiger partial charge in [-0.1, -0.05) is 30.3 Å². The Kier molecular flexibility index (Phi) is 4.85. The first kappa shape index (κ1) is 17.2. The van der Waals surface area contributed by atoms with Crippen LogP contribution in [0.1, 0.15) is 17.0 Å². The molecule has 0 spiro atoms. The zero-order valence-electron chi connectivity index (χ0n) is 13.5. The molecule has 0 bridgehead atoms. The minimum atomic E-state index is -4.32. The van der Waals surface area contributed by atoms with Crippen molar-refractivity contribution in [3.05, 3.63) is 71.6 Å². The van der Waals surface area contributed by atoms with Gasteiger partial charge >= 0.3 is 6.18 Å². The van der Waals surface area contributed by atoms with Gasteiger partial charge in [-0.2, -0.15) is 13.2 Å². The molecule has 1 aromatic heterocycles.